The summed E-state index contributed by atoms with van der Waals surface area (Å²) in [6.45, 7) is 2.65. The molecule has 2 saturated heterocycles. The molecule has 1 amide bonds. The van der Waals surface area contributed by atoms with Crippen molar-refractivity contribution in [2.45, 2.75) is 30.0 Å². The van der Waals surface area contributed by atoms with E-state index in [4.69, 9.17) is 0 Å². The summed E-state index contributed by atoms with van der Waals surface area (Å²) in [4.78, 5) is 32.3. The van der Waals surface area contributed by atoms with Crippen LogP contribution in [-0.2, 0) is 19.4 Å². The second-order valence-electron chi connectivity index (χ2n) is 5.68. The number of fused-ring (bicyclic) bond motifs is 1. The van der Waals surface area contributed by atoms with Crippen LogP contribution in [-0.4, -0.2) is 56.4 Å². The summed E-state index contributed by atoms with van der Waals surface area (Å²) in [5.74, 6) is -1.93. The highest BCUT2D eigenvalue weighted by Gasteiger charge is 2.70. The molecule has 2 fully saturated rings. The van der Waals surface area contributed by atoms with Gasteiger partial charge in [0.1, 0.15) is 4.75 Å². The molecule has 116 valence electrons. The van der Waals surface area contributed by atoms with Crippen LogP contribution in [0.2, 0.25) is 0 Å². The van der Waals surface area contributed by atoms with E-state index in [0.717, 1.165) is 4.90 Å². The zero-order chi connectivity index (χ0) is 16.3. The molecule has 0 aromatic carbocycles. The first-order valence-electron chi connectivity index (χ1n) is 6.46. The average Bonchev–Trinajstić information content (AvgIpc) is 2.59. The van der Waals surface area contributed by atoms with Gasteiger partial charge in [0.05, 0.1) is 17.5 Å². The summed E-state index contributed by atoms with van der Waals surface area (Å²) in [6, 6.07) is -1.39. The number of sulfone groups is 1. The van der Waals surface area contributed by atoms with E-state index >= 15 is 0 Å². The number of carboxylic acids is 1. The van der Waals surface area contributed by atoms with Gasteiger partial charge in [-0.1, -0.05) is 0 Å². The zero-order valence-corrected chi connectivity index (χ0v) is 12.6. The van der Waals surface area contributed by atoms with Gasteiger partial charge < -0.3 is 10.0 Å². The third kappa shape index (κ3) is 1.65. The number of hydrogen-bond acceptors (Lipinski definition) is 6. The number of nitrogens with zero attached hydrogens (tertiary/aromatic N) is 3. The molecule has 8 nitrogen and oxygen atoms in total. The lowest BCUT2D eigenvalue weighted by molar-refractivity contribution is -0.152. The minimum absolute atomic E-state index is 0.0253. The number of carboxylic acid groups (broad SMARTS) is 1. The van der Waals surface area contributed by atoms with Crippen molar-refractivity contribution in [2.24, 2.45) is 0 Å². The number of hydrogen-bond donors (Lipinski definition) is 1. The number of carbonyl (C=O) groups is 2. The minimum Gasteiger partial charge on any atom is -0.480 e. The number of rotatable bonds is 2. The molecule has 3 rings (SSSR count). The second-order valence-corrected chi connectivity index (χ2v) is 8.27. The Bertz CT molecular complexity index is 800. The zero-order valence-electron chi connectivity index (χ0n) is 11.8. The summed E-state index contributed by atoms with van der Waals surface area (Å²) in [6.07, 6.45) is 5.60. The predicted octanol–water partition coefficient (Wildman–Crippen LogP) is -0.311. The molecule has 2 aliphatic heterocycles. The molecule has 22 heavy (non-hydrogen) atoms. The molecule has 0 radical (unpaired) electrons. The second kappa shape index (κ2) is 4.35. The first-order chi connectivity index (χ1) is 10.2. The van der Waals surface area contributed by atoms with E-state index in [1.54, 1.807) is 0 Å². The van der Waals surface area contributed by atoms with Gasteiger partial charge in [0.15, 0.2) is 21.3 Å². The largest absolute Gasteiger partial charge is 0.480 e. The molecule has 0 bridgehead atoms. The highest BCUT2D eigenvalue weighted by atomic mass is 32.2. The quantitative estimate of drug-likeness (QED) is 0.586. The minimum atomic E-state index is -3.85. The van der Waals surface area contributed by atoms with Crippen molar-refractivity contribution in [3.8, 4) is 0 Å². The molecule has 1 aromatic heterocycles. The van der Waals surface area contributed by atoms with Gasteiger partial charge in [0.2, 0.25) is 0 Å². The van der Waals surface area contributed by atoms with Gasteiger partial charge in [-0.3, -0.25) is 14.8 Å². The SMILES string of the molecule is CC1(C)[C@H](C(=O)O)N2C(=O)/C(=C\c3cnccn3)[C@H]2S1(=O)=O. The molecule has 1 aromatic rings. The van der Waals surface area contributed by atoms with Crippen LogP contribution < -0.4 is 0 Å². The van der Waals surface area contributed by atoms with Crippen molar-refractivity contribution >= 4 is 27.8 Å². The van der Waals surface area contributed by atoms with Gasteiger partial charge in [-0.25, -0.2) is 13.2 Å². The van der Waals surface area contributed by atoms with Gasteiger partial charge in [0.25, 0.3) is 5.91 Å². The summed E-state index contributed by atoms with van der Waals surface area (Å²) in [5, 5.41) is 8.06. The summed E-state index contributed by atoms with van der Waals surface area (Å²) >= 11 is 0. The van der Waals surface area contributed by atoms with Crippen LogP contribution >= 0.6 is 0 Å². The number of amides is 1. The van der Waals surface area contributed by atoms with Crippen molar-refractivity contribution in [3.05, 3.63) is 29.9 Å². The van der Waals surface area contributed by atoms with Crippen LogP contribution in [0.5, 0.6) is 0 Å². The van der Waals surface area contributed by atoms with Gasteiger partial charge in [0, 0.05) is 12.4 Å². The Hall–Kier alpha value is -2.29. The Morgan fingerprint density at radius 3 is 2.64 bits per heavy atom. The molecule has 0 unspecified atom stereocenters. The average molecular weight is 323 g/mol. The summed E-state index contributed by atoms with van der Waals surface area (Å²) in [5.41, 5.74) is 0.370. The Morgan fingerprint density at radius 1 is 1.41 bits per heavy atom. The third-order valence-electron chi connectivity index (χ3n) is 4.08. The van der Waals surface area contributed by atoms with Crippen LogP contribution in [0.3, 0.4) is 0 Å². The van der Waals surface area contributed by atoms with Crippen LogP contribution in [0.15, 0.2) is 24.2 Å². The van der Waals surface area contributed by atoms with Crippen LogP contribution in [0.25, 0.3) is 6.08 Å². The van der Waals surface area contributed by atoms with Crippen LogP contribution in [0, 0.1) is 0 Å². The Morgan fingerprint density at radius 2 is 2.09 bits per heavy atom. The predicted molar refractivity (Wildman–Crippen MR) is 75.1 cm³/mol. The van der Waals surface area contributed by atoms with Gasteiger partial charge >= 0.3 is 5.97 Å². The number of aliphatic carboxylic acids is 1. The maximum absolute atomic E-state index is 12.6. The van der Waals surface area contributed by atoms with E-state index < -0.39 is 37.9 Å². The van der Waals surface area contributed by atoms with Crippen molar-refractivity contribution < 1.29 is 23.1 Å². The van der Waals surface area contributed by atoms with E-state index in [2.05, 4.69) is 9.97 Å². The smallest absolute Gasteiger partial charge is 0.328 e. The van der Waals surface area contributed by atoms with Gasteiger partial charge in [-0.05, 0) is 19.9 Å². The van der Waals surface area contributed by atoms with Crippen LogP contribution in [0.1, 0.15) is 19.5 Å². The molecule has 0 aliphatic carbocycles. The fourth-order valence-electron chi connectivity index (χ4n) is 2.89. The van der Waals surface area contributed by atoms with Crippen molar-refractivity contribution in [3.63, 3.8) is 0 Å². The van der Waals surface area contributed by atoms with Crippen molar-refractivity contribution in [1.82, 2.24) is 14.9 Å². The van der Waals surface area contributed by atoms with E-state index in [1.807, 2.05) is 0 Å². The fraction of sp³-hybridized carbons (Fsp3) is 0.385. The lowest BCUT2D eigenvalue weighted by Crippen LogP contribution is -2.58. The molecular formula is C13H13N3O5S. The van der Waals surface area contributed by atoms with Crippen LogP contribution in [0.4, 0.5) is 0 Å². The molecule has 0 spiro atoms. The summed E-state index contributed by atoms with van der Waals surface area (Å²) < 4.78 is 23.6. The molecule has 9 heteroatoms. The Labute approximate surface area is 126 Å². The summed E-state index contributed by atoms with van der Waals surface area (Å²) in [7, 11) is -3.85. The van der Waals surface area contributed by atoms with E-state index in [-0.39, 0.29) is 5.57 Å². The highest BCUT2D eigenvalue weighted by molar-refractivity contribution is 7.94. The molecule has 0 saturated carbocycles. The fourth-order valence-corrected chi connectivity index (χ4v) is 5.01. The number of carbonyl (C=O) groups excluding carboxylic acids is 1. The molecule has 3 heterocycles. The first kappa shape index (κ1) is 14.6. The molecule has 2 atom stereocenters. The monoisotopic (exact) mass is 323 g/mol. The third-order valence-corrected chi connectivity index (χ3v) is 6.84. The maximum Gasteiger partial charge on any atom is 0.328 e. The standard InChI is InChI=1S/C13H13N3O5S/c1-13(2)9(12(18)19)16-10(17)8(11(16)22(13,20)21)5-7-6-14-3-4-15-7/h3-6,9,11H,1-2H3,(H,18,19)/b8-5+/t9-,11+/m0/s1. The maximum atomic E-state index is 12.6. The molecule has 1 N–H and O–H groups in total. The molecular weight excluding hydrogens is 310 g/mol. The topological polar surface area (TPSA) is 118 Å². The Kier molecular flexibility index (Phi) is 2.90. The van der Waals surface area contributed by atoms with E-state index in [0.29, 0.717) is 5.69 Å². The molecule has 2 aliphatic rings. The van der Waals surface area contributed by atoms with Crippen molar-refractivity contribution in [1.29, 1.82) is 0 Å². The Balaban J connectivity index is 2.11. The van der Waals surface area contributed by atoms with Gasteiger partial charge in [-0.2, -0.15) is 0 Å². The van der Waals surface area contributed by atoms with E-state index in [1.165, 1.54) is 38.5 Å². The first-order valence-corrected chi connectivity index (χ1v) is 8.00. The van der Waals surface area contributed by atoms with Crippen molar-refractivity contribution in [2.75, 3.05) is 0 Å². The number of aromatic nitrogens is 2. The lowest BCUT2D eigenvalue weighted by atomic mass is 9.95. The van der Waals surface area contributed by atoms with E-state index in [9.17, 15) is 23.1 Å². The van der Waals surface area contributed by atoms with Gasteiger partial charge in [-0.15, -0.1) is 0 Å². The lowest BCUT2D eigenvalue weighted by Gasteiger charge is -2.37. The highest BCUT2D eigenvalue weighted by Crippen LogP contribution is 2.48. The number of β-lactam (4-membered cyclic amide) rings is 1. The normalized spacial score (nSPS) is 30.0.